The third kappa shape index (κ3) is 8.21. The Balaban J connectivity index is 1.69. The maximum atomic E-state index is 10.5. The third-order valence-corrected chi connectivity index (χ3v) is 5.48. The first-order valence-electron chi connectivity index (χ1n) is 10.5. The predicted molar refractivity (Wildman–Crippen MR) is 110 cm³/mol. The van der Waals surface area contributed by atoms with Gasteiger partial charge in [-0.05, 0) is 57.8 Å². The van der Waals surface area contributed by atoms with Gasteiger partial charge in [0.1, 0.15) is 0 Å². The summed E-state index contributed by atoms with van der Waals surface area (Å²) in [5, 5.41) is 8.67. The number of hydrogen-bond acceptors (Lipinski definition) is 1. The quantitative estimate of drug-likeness (QED) is 0.269. The summed E-state index contributed by atoms with van der Waals surface area (Å²) in [6.07, 6.45) is 31.8. The SMILES string of the molecule is CCCCC/C=C\C/C=C\C1(/C=C\C2(/C=C\CCCC(=O)O)CC2)CC1. The number of aliphatic carboxylic acids is 1. The summed E-state index contributed by atoms with van der Waals surface area (Å²) in [6.45, 7) is 2.25. The zero-order valence-electron chi connectivity index (χ0n) is 16.5. The standard InChI is InChI=1S/C24H36O2/c1-2-3-4-5-6-7-8-11-14-23(16-17-23)18-19-24(20-21-24)15-12-9-10-13-22(25)26/h6-7,11-12,14-15,18-19H,2-5,8-10,13,16-17,20-21H2,1H3,(H,25,26)/b7-6-,14-11-,15-12-,19-18-. The fraction of sp³-hybridized carbons (Fsp3) is 0.625. The van der Waals surface area contributed by atoms with E-state index in [1.807, 2.05) is 0 Å². The number of carboxylic acid groups (broad SMARTS) is 1. The summed E-state index contributed by atoms with van der Waals surface area (Å²) in [5.74, 6) is -0.697. The van der Waals surface area contributed by atoms with Gasteiger partial charge in [0.2, 0.25) is 0 Å². The molecular formula is C24H36O2. The summed E-state index contributed by atoms with van der Waals surface area (Å²) >= 11 is 0. The molecule has 2 aliphatic rings. The van der Waals surface area contributed by atoms with Gasteiger partial charge in [-0.15, -0.1) is 0 Å². The molecule has 0 radical (unpaired) electrons. The molecule has 0 aliphatic heterocycles. The normalized spacial score (nSPS) is 20.7. The van der Waals surface area contributed by atoms with E-state index in [0.29, 0.717) is 5.41 Å². The second-order valence-electron chi connectivity index (χ2n) is 8.09. The Morgan fingerprint density at radius 1 is 0.808 bits per heavy atom. The zero-order chi connectivity index (χ0) is 18.7. The first-order chi connectivity index (χ1) is 12.6. The summed E-state index contributed by atoms with van der Waals surface area (Å²) in [7, 11) is 0. The largest absolute Gasteiger partial charge is 0.481 e. The van der Waals surface area contributed by atoms with Crippen LogP contribution < -0.4 is 0 Å². The van der Waals surface area contributed by atoms with Gasteiger partial charge in [-0.25, -0.2) is 0 Å². The lowest BCUT2D eigenvalue weighted by molar-refractivity contribution is -0.137. The number of carboxylic acids is 1. The highest BCUT2D eigenvalue weighted by molar-refractivity contribution is 5.66. The van der Waals surface area contributed by atoms with Gasteiger partial charge < -0.3 is 5.11 Å². The van der Waals surface area contributed by atoms with Crippen molar-refractivity contribution in [2.24, 2.45) is 10.8 Å². The summed E-state index contributed by atoms with van der Waals surface area (Å²) in [4.78, 5) is 10.5. The second kappa shape index (κ2) is 10.5. The van der Waals surface area contributed by atoms with E-state index < -0.39 is 5.97 Å². The van der Waals surface area contributed by atoms with Crippen molar-refractivity contribution in [1.29, 1.82) is 0 Å². The molecule has 0 heterocycles. The van der Waals surface area contributed by atoms with Crippen LogP contribution in [0.4, 0.5) is 0 Å². The monoisotopic (exact) mass is 356 g/mol. The van der Waals surface area contributed by atoms with Crippen molar-refractivity contribution in [3.8, 4) is 0 Å². The van der Waals surface area contributed by atoms with E-state index in [9.17, 15) is 4.79 Å². The molecule has 1 N–H and O–H groups in total. The van der Waals surface area contributed by atoms with Gasteiger partial charge in [-0.3, -0.25) is 4.79 Å². The van der Waals surface area contributed by atoms with Crippen molar-refractivity contribution < 1.29 is 9.90 Å². The number of rotatable bonds is 14. The van der Waals surface area contributed by atoms with Crippen LogP contribution in [0, 0.1) is 10.8 Å². The van der Waals surface area contributed by atoms with Gasteiger partial charge in [0.25, 0.3) is 0 Å². The molecule has 2 saturated carbocycles. The van der Waals surface area contributed by atoms with Crippen LogP contribution in [0.3, 0.4) is 0 Å². The fourth-order valence-corrected chi connectivity index (χ4v) is 3.20. The van der Waals surface area contributed by atoms with Crippen LogP contribution in [-0.2, 0) is 4.79 Å². The lowest BCUT2D eigenvalue weighted by Crippen LogP contribution is -1.95. The average molecular weight is 357 g/mol. The van der Waals surface area contributed by atoms with Crippen molar-refractivity contribution in [3.05, 3.63) is 48.6 Å². The molecule has 0 aromatic rings. The molecule has 0 saturated heterocycles. The Hall–Kier alpha value is -1.57. The number of allylic oxidation sites excluding steroid dienone is 8. The lowest BCUT2D eigenvalue weighted by Gasteiger charge is -2.07. The third-order valence-electron chi connectivity index (χ3n) is 5.48. The molecule has 0 spiro atoms. The first kappa shape index (κ1) is 20.7. The number of carbonyl (C=O) groups is 1. The molecule has 0 amide bonds. The highest BCUT2D eigenvalue weighted by atomic mass is 16.4. The smallest absolute Gasteiger partial charge is 0.303 e. The molecule has 0 atom stereocenters. The van der Waals surface area contributed by atoms with Gasteiger partial charge >= 0.3 is 5.97 Å². The van der Waals surface area contributed by atoms with E-state index in [2.05, 4.69) is 55.5 Å². The Kier molecular flexibility index (Phi) is 8.41. The van der Waals surface area contributed by atoms with E-state index in [1.54, 1.807) is 0 Å². The molecular weight excluding hydrogens is 320 g/mol. The van der Waals surface area contributed by atoms with Gasteiger partial charge in [0.15, 0.2) is 0 Å². The topological polar surface area (TPSA) is 37.3 Å². The molecule has 0 aromatic heterocycles. The summed E-state index contributed by atoms with van der Waals surface area (Å²) in [6, 6.07) is 0. The van der Waals surface area contributed by atoms with Gasteiger partial charge in [0.05, 0.1) is 0 Å². The van der Waals surface area contributed by atoms with E-state index in [1.165, 1.54) is 51.4 Å². The molecule has 2 nitrogen and oxygen atoms in total. The fourth-order valence-electron chi connectivity index (χ4n) is 3.20. The van der Waals surface area contributed by atoms with Crippen molar-refractivity contribution in [2.75, 3.05) is 0 Å². The van der Waals surface area contributed by atoms with Crippen molar-refractivity contribution in [3.63, 3.8) is 0 Å². The Morgan fingerprint density at radius 2 is 1.42 bits per heavy atom. The molecule has 0 bridgehead atoms. The average Bonchev–Trinajstić information content (AvgIpc) is 3.52. The van der Waals surface area contributed by atoms with E-state index in [0.717, 1.165) is 19.3 Å². The van der Waals surface area contributed by atoms with Gasteiger partial charge in [-0.1, -0.05) is 68.4 Å². The Bertz CT molecular complexity index is 543. The highest BCUT2D eigenvalue weighted by Crippen LogP contribution is 2.53. The maximum absolute atomic E-state index is 10.5. The van der Waals surface area contributed by atoms with Crippen LogP contribution >= 0.6 is 0 Å². The minimum absolute atomic E-state index is 0.270. The minimum atomic E-state index is -0.697. The number of unbranched alkanes of at least 4 members (excludes halogenated alkanes) is 4. The van der Waals surface area contributed by atoms with Crippen LogP contribution in [-0.4, -0.2) is 11.1 Å². The summed E-state index contributed by atoms with van der Waals surface area (Å²) in [5.41, 5.74) is 0.592. The Labute approximate surface area is 159 Å². The maximum Gasteiger partial charge on any atom is 0.303 e. The molecule has 2 aliphatic carbocycles. The van der Waals surface area contributed by atoms with Crippen LogP contribution in [0.1, 0.15) is 84.0 Å². The van der Waals surface area contributed by atoms with E-state index >= 15 is 0 Å². The molecule has 0 aromatic carbocycles. The van der Waals surface area contributed by atoms with Crippen LogP contribution in [0.2, 0.25) is 0 Å². The molecule has 2 fully saturated rings. The molecule has 2 heteroatoms. The van der Waals surface area contributed by atoms with E-state index in [-0.39, 0.29) is 11.8 Å². The van der Waals surface area contributed by atoms with Gasteiger partial charge in [-0.2, -0.15) is 0 Å². The van der Waals surface area contributed by atoms with Crippen molar-refractivity contribution in [1.82, 2.24) is 0 Å². The molecule has 144 valence electrons. The van der Waals surface area contributed by atoms with Crippen LogP contribution in [0.25, 0.3) is 0 Å². The minimum Gasteiger partial charge on any atom is -0.481 e. The predicted octanol–water partition coefficient (Wildman–Crippen LogP) is 7.00. The summed E-state index contributed by atoms with van der Waals surface area (Å²) < 4.78 is 0. The van der Waals surface area contributed by atoms with Crippen molar-refractivity contribution in [2.45, 2.75) is 84.0 Å². The van der Waals surface area contributed by atoms with Crippen molar-refractivity contribution >= 4 is 5.97 Å². The van der Waals surface area contributed by atoms with E-state index in [4.69, 9.17) is 5.11 Å². The molecule has 2 rings (SSSR count). The van der Waals surface area contributed by atoms with Crippen LogP contribution in [0.15, 0.2) is 48.6 Å². The molecule has 26 heavy (non-hydrogen) atoms. The second-order valence-corrected chi connectivity index (χ2v) is 8.09. The van der Waals surface area contributed by atoms with Crippen LogP contribution in [0.5, 0.6) is 0 Å². The first-order valence-corrected chi connectivity index (χ1v) is 10.5. The highest BCUT2D eigenvalue weighted by Gasteiger charge is 2.41. The Morgan fingerprint density at radius 3 is 2.00 bits per heavy atom. The number of hydrogen-bond donors (Lipinski definition) is 1. The zero-order valence-corrected chi connectivity index (χ0v) is 16.5. The van der Waals surface area contributed by atoms with Gasteiger partial charge in [0, 0.05) is 17.3 Å². The molecule has 0 unspecified atom stereocenters. The lowest BCUT2D eigenvalue weighted by atomic mass is 9.98.